The molecular weight excluding hydrogens is 414 g/mol. The molecule has 2 atom stereocenters. The smallest absolute Gasteiger partial charge is 0.251 e. The van der Waals surface area contributed by atoms with Gasteiger partial charge in [-0.3, -0.25) is 9.59 Å². The van der Waals surface area contributed by atoms with E-state index in [0.29, 0.717) is 18.4 Å². The van der Waals surface area contributed by atoms with Crippen molar-refractivity contribution in [2.75, 3.05) is 0 Å². The zero-order valence-corrected chi connectivity index (χ0v) is 19.2. The Balaban J connectivity index is 1.69. The van der Waals surface area contributed by atoms with Crippen LogP contribution in [-0.4, -0.2) is 48.7 Å². The molecule has 8 heteroatoms. The Morgan fingerprint density at radius 2 is 1.55 bits per heavy atom. The Kier molecular flexibility index (Phi) is 7.54. The quantitative estimate of drug-likeness (QED) is 0.656. The largest absolute Gasteiger partial charge is 0.350 e. The van der Waals surface area contributed by atoms with Gasteiger partial charge in [0.05, 0.1) is 4.90 Å². The number of carbonyl (C=O) groups is 2. The number of benzene rings is 1. The minimum atomic E-state index is -3.72. The van der Waals surface area contributed by atoms with Gasteiger partial charge in [0.2, 0.25) is 15.9 Å². The van der Waals surface area contributed by atoms with Gasteiger partial charge in [-0.2, -0.15) is 4.31 Å². The van der Waals surface area contributed by atoms with Crippen LogP contribution in [0.4, 0.5) is 0 Å². The maximum atomic E-state index is 13.3. The van der Waals surface area contributed by atoms with Crippen LogP contribution < -0.4 is 10.6 Å². The fourth-order valence-electron chi connectivity index (χ4n) is 4.83. The molecular formula is C23H33N3O4S. The van der Waals surface area contributed by atoms with Crippen molar-refractivity contribution in [3.63, 3.8) is 0 Å². The summed E-state index contributed by atoms with van der Waals surface area (Å²) >= 11 is 0. The highest BCUT2D eigenvalue weighted by Gasteiger charge is 2.39. The van der Waals surface area contributed by atoms with Crippen LogP contribution in [0.15, 0.2) is 41.8 Å². The number of carbonyl (C=O) groups excluding carboxylic acids is 2. The lowest BCUT2D eigenvalue weighted by atomic mass is 9.95. The van der Waals surface area contributed by atoms with Crippen LogP contribution in [0.25, 0.3) is 0 Å². The molecule has 1 aromatic carbocycles. The maximum Gasteiger partial charge on any atom is 0.251 e. The van der Waals surface area contributed by atoms with Crippen molar-refractivity contribution in [1.82, 2.24) is 14.9 Å². The second-order valence-electron chi connectivity index (χ2n) is 8.75. The van der Waals surface area contributed by atoms with Crippen molar-refractivity contribution in [3.8, 4) is 0 Å². The number of hydrogen-bond donors (Lipinski definition) is 2. The molecule has 1 aliphatic carbocycles. The lowest BCUT2D eigenvalue weighted by Gasteiger charge is -2.41. The number of hydrogen-bond acceptors (Lipinski definition) is 4. The summed E-state index contributed by atoms with van der Waals surface area (Å²) in [5.41, 5.74) is 0.469. The zero-order valence-electron chi connectivity index (χ0n) is 18.3. The molecule has 2 fully saturated rings. The monoisotopic (exact) mass is 447 g/mol. The number of sulfonamides is 1. The summed E-state index contributed by atoms with van der Waals surface area (Å²) in [6.07, 6.45) is 7.77. The molecule has 31 heavy (non-hydrogen) atoms. The van der Waals surface area contributed by atoms with E-state index in [0.717, 1.165) is 25.7 Å². The maximum absolute atomic E-state index is 13.3. The van der Waals surface area contributed by atoms with Crippen LogP contribution >= 0.6 is 0 Å². The van der Waals surface area contributed by atoms with E-state index in [2.05, 4.69) is 17.2 Å². The van der Waals surface area contributed by atoms with Gasteiger partial charge < -0.3 is 10.6 Å². The second-order valence-corrected chi connectivity index (χ2v) is 10.6. The van der Waals surface area contributed by atoms with Gasteiger partial charge in [-0.15, -0.1) is 0 Å². The first-order valence-electron chi connectivity index (χ1n) is 11.1. The van der Waals surface area contributed by atoms with E-state index in [1.54, 1.807) is 12.1 Å². The van der Waals surface area contributed by atoms with Gasteiger partial charge in [-0.1, -0.05) is 25.8 Å². The van der Waals surface area contributed by atoms with Crippen LogP contribution in [-0.2, 0) is 14.8 Å². The van der Waals surface area contributed by atoms with E-state index >= 15 is 0 Å². The molecule has 2 N–H and O–H groups in total. The molecule has 7 nitrogen and oxygen atoms in total. The lowest BCUT2D eigenvalue weighted by molar-refractivity contribution is -0.117. The molecule has 1 aromatic rings. The average Bonchev–Trinajstić information content (AvgIpc) is 2.73. The fraction of sp³-hybridized carbons (Fsp3) is 0.565. The Morgan fingerprint density at radius 1 is 0.968 bits per heavy atom. The zero-order chi connectivity index (χ0) is 22.6. The average molecular weight is 448 g/mol. The number of rotatable bonds is 6. The molecule has 2 unspecified atom stereocenters. The molecule has 0 aromatic heterocycles. The van der Waals surface area contributed by atoms with Gasteiger partial charge >= 0.3 is 0 Å². The number of nitrogens with one attached hydrogen (secondary N) is 2. The summed E-state index contributed by atoms with van der Waals surface area (Å²) in [6.45, 7) is 7.17. The highest BCUT2D eigenvalue weighted by molar-refractivity contribution is 7.89. The molecule has 1 aliphatic heterocycles. The van der Waals surface area contributed by atoms with Gasteiger partial charge in [0, 0.05) is 29.7 Å². The SMILES string of the molecule is C=CC(=O)NC1CC(C)N(S(=O)(=O)c2ccc(C(=O)NC3CCCCC3)cc2)C(C)C1. The van der Waals surface area contributed by atoms with Crippen molar-refractivity contribution in [2.24, 2.45) is 0 Å². The minimum absolute atomic E-state index is 0.0900. The predicted octanol–water partition coefficient (Wildman–Crippen LogP) is 2.98. The molecule has 2 aliphatic rings. The van der Waals surface area contributed by atoms with E-state index in [4.69, 9.17) is 0 Å². The van der Waals surface area contributed by atoms with Crippen molar-refractivity contribution >= 4 is 21.8 Å². The summed E-state index contributed by atoms with van der Waals surface area (Å²) in [7, 11) is -3.72. The summed E-state index contributed by atoms with van der Waals surface area (Å²) in [6, 6.07) is 5.76. The molecule has 0 radical (unpaired) electrons. The first-order chi connectivity index (χ1) is 14.7. The first kappa shape index (κ1) is 23.5. The first-order valence-corrected chi connectivity index (χ1v) is 12.5. The highest BCUT2D eigenvalue weighted by Crippen LogP contribution is 2.30. The molecule has 3 rings (SSSR count). The Labute approximate surface area is 185 Å². The summed E-state index contributed by atoms with van der Waals surface area (Å²) in [5.74, 6) is -0.404. The number of nitrogens with zero attached hydrogens (tertiary/aromatic N) is 1. The molecule has 0 bridgehead atoms. The van der Waals surface area contributed by atoms with Crippen LogP contribution in [0.2, 0.25) is 0 Å². The minimum Gasteiger partial charge on any atom is -0.350 e. The number of piperidine rings is 1. The molecule has 1 heterocycles. The van der Waals surface area contributed by atoms with E-state index in [1.807, 2.05) is 13.8 Å². The third-order valence-electron chi connectivity index (χ3n) is 6.28. The van der Waals surface area contributed by atoms with Gasteiger partial charge in [0.15, 0.2) is 0 Å². The standard InChI is InChI=1S/C23H33N3O4S/c1-4-22(27)24-20-14-16(2)26(17(3)15-20)31(29,30)21-12-10-18(11-13-21)23(28)25-19-8-6-5-7-9-19/h4,10-13,16-17,19-20H,1,5-9,14-15H2,2-3H3,(H,24,27)(H,25,28). The van der Waals surface area contributed by atoms with Gasteiger partial charge in [-0.05, 0) is 69.9 Å². The van der Waals surface area contributed by atoms with E-state index in [9.17, 15) is 18.0 Å². The molecule has 0 spiro atoms. The van der Waals surface area contributed by atoms with E-state index in [-0.39, 0.29) is 40.9 Å². The predicted molar refractivity (Wildman–Crippen MR) is 120 cm³/mol. The molecule has 170 valence electrons. The Hall–Kier alpha value is -2.19. The third kappa shape index (κ3) is 5.54. The fourth-order valence-corrected chi connectivity index (χ4v) is 6.67. The Bertz CT molecular complexity index is 895. The van der Waals surface area contributed by atoms with Crippen LogP contribution in [0, 0.1) is 0 Å². The van der Waals surface area contributed by atoms with Gasteiger partial charge in [0.1, 0.15) is 0 Å². The summed E-state index contributed by atoms with van der Waals surface area (Å²) < 4.78 is 28.1. The van der Waals surface area contributed by atoms with Crippen molar-refractivity contribution in [2.45, 2.75) is 87.9 Å². The Morgan fingerprint density at radius 3 is 2.10 bits per heavy atom. The molecule has 1 saturated carbocycles. The molecule has 1 saturated heterocycles. The van der Waals surface area contributed by atoms with Crippen molar-refractivity contribution in [3.05, 3.63) is 42.5 Å². The normalized spacial score (nSPS) is 25.5. The lowest BCUT2D eigenvalue weighted by Crippen LogP contribution is -2.54. The second kappa shape index (κ2) is 9.96. The summed E-state index contributed by atoms with van der Waals surface area (Å²) in [4.78, 5) is 24.3. The van der Waals surface area contributed by atoms with Crippen LogP contribution in [0.5, 0.6) is 0 Å². The van der Waals surface area contributed by atoms with Crippen LogP contribution in [0.1, 0.15) is 69.2 Å². The number of amides is 2. The van der Waals surface area contributed by atoms with Crippen molar-refractivity contribution in [1.29, 1.82) is 0 Å². The highest BCUT2D eigenvalue weighted by atomic mass is 32.2. The van der Waals surface area contributed by atoms with Crippen LogP contribution in [0.3, 0.4) is 0 Å². The molecule has 2 amide bonds. The van der Waals surface area contributed by atoms with E-state index in [1.165, 1.54) is 28.9 Å². The third-order valence-corrected chi connectivity index (χ3v) is 8.43. The van der Waals surface area contributed by atoms with Crippen molar-refractivity contribution < 1.29 is 18.0 Å². The van der Waals surface area contributed by atoms with Gasteiger partial charge in [0.25, 0.3) is 5.91 Å². The summed E-state index contributed by atoms with van der Waals surface area (Å²) in [5, 5.41) is 5.93. The van der Waals surface area contributed by atoms with Gasteiger partial charge in [-0.25, -0.2) is 8.42 Å². The topological polar surface area (TPSA) is 95.6 Å². The van der Waals surface area contributed by atoms with E-state index < -0.39 is 10.0 Å².